The zero-order valence-electron chi connectivity index (χ0n) is 19.9. The van der Waals surface area contributed by atoms with Gasteiger partial charge in [0.1, 0.15) is 11.3 Å². The van der Waals surface area contributed by atoms with Crippen LogP contribution in [0.5, 0.6) is 5.75 Å². The first-order chi connectivity index (χ1) is 16.6. The standard InChI is InChI=1S/C28H26N2O5/c1-28(2,3)21-13-19(16-8-7-9-17(12-16)27(34)35-4)23(14-24(21)31)30-26(33)20-15-29-22-11-6-5-10-18(22)25(20)32/h5-15,31H,1-4H3,(H,29,32)(H,30,33). The van der Waals surface area contributed by atoms with E-state index in [-0.39, 0.29) is 11.3 Å². The summed E-state index contributed by atoms with van der Waals surface area (Å²) < 4.78 is 4.84. The van der Waals surface area contributed by atoms with E-state index < -0.39 is 22.7 Å². The molecule has 7 nitrogen and oxygen atoms in total. The number of aromatic nitrogens is 1. The van der Waals surface area contributed by atoms with E-state index in [1.807, 2.05) is 20.8 Å². The molecule has 0 aliphatic rings. The number of phenols is 1. The molecule has 0 radical (unpaired) electrons. The normalized spacial score (nSPS) is 11.3. The Morgan fingerprint density at radius 2 is 1.74 bits per heavy atom. The minimum atomic E-state index is -0.620. The number of anilines is 1. The molecule has 1 aromatic heterocycles. The van der Waals surface area contributed by atoms with Gasteiger partial charge in [-0.15, -0.1) is 0 Å². The fourth-order valence-electron chi connectivity index (χ4n) is 3.99. The molecule has 178 valence electrons. The predicted molar refractivity (Wildman–Crippen MR) is 136 cm³/mol. The molecule has 3 aromatic carbocycles. The third-order valence-electron chi connectivity index (χ3n) is 5.82. The summed E-state index contributed by atoms with van der Waals surface area (Å²) in [6.45, 7) is 5.89. The number of carbonyl (C=O) groups excluding carboxylic acids is 2. The quantitative estimate of drug-likeness (QED) is 0.354. The lowest BCUT2D eigenvalue weighted by Crippen LogP contribution is -2.22. The molecule has 0 unspecified atom stereocenters. The van der Waals surface area contributed by atoms with Crippen LogP contribution in [-0.2, 0) is 10.2 Å². The van der Waals surface area contributed by atoms with Crippen LogP contribution in [0.25, 0.3) is 22.0 Å². The van der Waals surface area contributed by atoms with Crippen molar-refractivity contribution in [1.29, 1.82) is 0 Å². The average Bonchev–Trinajstić information content (AvgIpc) is 2.83. The van der Waals surface area contributed by atoms with Crippen molar-refractivity contribution in [3.05, 3.63) is 93.8 Å². The molecule has 0 bridgehead atoms. The third kappa shape index (κ3) is 4.66. The van der Waals surface area contributed by atoms with Crippen LogP contribution in [0, 0.1) is 0 Å². The number of rotatable bonds is 4. The Morgan fingerprint density at radius 3 is 2.46 bits per heavy atom. The zero-order chi connectivity index (χ0) is 25.3. The summed E-state index contributed by atoms with van der Waals surface area (Å²) in [4.78, 5) is 41.2. The summed E-state index contributed by atoms with van der Waals surface area (Å²) in [6.07, 6.45) is 1.38. The molecule has 0 fully saturated rings. The van der Waals surface area contributed by atoms with Crippen LogP contribution in [0.15, 0.2) is 71.7 Å². The van der Waals surface area contributed by atoms with Gasteiger partial charge in [-0.2, -0.15) is 0 Å². The molecule has 0 spiro atoms. The molecule has 4 rings (SSSR count). The van der Waals surface area contributed by atoms with Crippen LogP contribution in [0.4, 0.5) is 5.69 Å². The van der Waals surface area contributed by atoms with Gasteiger partial charge in [-0.1, -0.05) is 45.0 Å². The smallest absolute Gasteiger partial charge is 0.337 e. The number of esters is 1. The predicted octanol–water partition coefficient (Wildman–Crippen LogP) is 5.24. The Balaban J connectivity index is 1.84. The van der Waals surface area contributed by atoms with E-state index in [0.29, 0.717) is 38.8 Å². The number of carbonyl (C=O) groups is 2. The summed E-state index contributed by atoms with van der Waals surface area (Å²) in [5, 5.41) is 13.9. The summed E-state index contributed by atoms with van der Waals surface area (Å²) in [5.74, 6) is -1.10. The molecule has 4 aromatic rings. The monoisotopic (exact) mass is 470 g/mol. The maximum atomic E-state index is 13.2. The first-order valence-electron chi connectivity index (χ1n) is 11.1. The number of ether oxygens (including phenoxy) is 1. The van der Waals surface area contributed by atoms with Crippen molar-refractivity contribution in [3.63, 3.8) is 0 Å². The lowest BCUT2D eigenvalue weighted by Gasteiger charge is -2.23. The lowest BCUT2D eigenvalue weighted by atomic mass is 9.84. The molecule has 0 atom stereocenters. The van der Waals surface area contributed by atoms with Crippen LogP contribution in [0.3, 0.4) is 0 Å². The maximum Gasteiger partial charge on any atom is 0.337 e. The largest absolute Gasteiger partial charge is 0.508 e. The van der Waals surface area contributed by atoms with E-state index in [9.17, 15) is 19.5 Å². The van der Waals surface area contributed by atoms with E-state index in [1.54, 1.807) is 54.6 Å². The lowest BCUT2D eigenvalue weighted by molar-refractivity contribution is 0.0600. The van der Waals surface area contributed by atoms with Gasteiger partial charge < -0.3 is 20.1 Å². The summed E-state index contributed by atoms with van der Waals surface area (Å²) in [6, 6.07) is 17.0. The summed E-state index contributed by atoms with van der Waals surface area (Å²) >= 11 is 0. The van der Waals surface area contributed by atoms with Crippen molar-refractivity contribution in [3.8, 4) is 16.9 Å². The van der Waals surface area contributed by atoms with Gasteiger partial charge in [0.2, 0.25) is 5.43 Å². The number of benzene rings is 3. The fourth-order valence-corrected chi connectivity index (χ4v) is 3.99. The molecule has 3 N–H and O–H groups in total. The minimum absolute atomic E-state index is 0.00749. The Bertz CT molecular complexity index is 1510. The minimum Gasteiger partial charge on any atom is -0.508 e. The number of nitrogens with one attached hydrogen (secondary N) is 2. The molecule has 1 amide bonds. The van der Waals surface area contributed by atoms with Crippen molar-refractivity contribution >= 4 is 28.5 Å². The van der Waals surface area contributed by atoms with Crippen LogP contribution < -0.4 is 10.7 Å². The van der Waals surface area contributed by atoms with Gasteiger partial charge in [0.25, 0.3) is 5.91 Å². The Hall–Kier alpha value is -4.39. The van der Waals surface area contributed by atoms with Gasteiger partial charge in [0.15, 0.2) is 0 Å². The highest BCUT2D eigenvalue weighted by Crippen LogP contribution is 2.39. The number of aromatic hydroxyl groups is 1. The van der Waals surface area contributed by atoms with Crippen LogP contribution in [0.2, 0.25) is 0 Å². The van der Waals surface area contributed by atoms with Crippen molar-refractivity contribution in [2.45, 2.75) is 26.2 Å². The van der Waals surface area contributed by atoms with Gasteiger partial charge in [0, 0.05) is 28.7 Å². The second-order valence-electron chi connectivity index (χ2n) is 9.27. The SMILES string of the molecule is COC(=O)c1cccc(-c2cc(C(C)(C)C)c(O)cc2NC(=O)c2c[nH]c3ccccc3c2=O)c1. The molecule has 7 heteroatoms. The van der Waals surface area contributed by atoms with Gasteiger partial charge in [0.05, 0.1) is 18.4 Å². The van der Waals surface area contributed by atoms with E-state index in [2.05, 4.69) is 10.3 Å². The molecule has 0 saturated carbocycles. The topological polar surface area (TPSA) is 108 Å². The maximum absolute atomic E-state index is 13.2. The molecular formula is C28H26N2O5. The molecule has 0 aliphatic heterocycles. The number of phenolic OH excluding ortho intramolecular Hbond substituents is 1. The van der Waals surface area contributed by atoms with Crippen molar-refractivity contribution < 1.29 is 19.4 Å². The number of pyridine rings is 1. The molecular weight excluding hydrogens is 444 g/mol. The number of hydrogen-bond donors (Lipinski definition) is 3. The Labute approximate surface area is 202 Å². The Kier molecular flexibility index (Phi) is 6.18. The number of hydrogen-bond acceptors (Lipinski definition) is 5. The van der Waals surface area contributed by atoms with Crippen LogP contribution in [0.1, 0.15) is 47.1 Å². The molecule has 0 saturated heterocycles. The highest BCUT2D eigenvalue weighted by Gasteiger charge is 2.23. The van der Waals surface area contributed by atoms with Crippen molar-refractivity contribution in [2.75, 3.05) is 12.4 Å². The van der Waals surface area contributed by atoms with Gasteiger partial charge in [-0.05, 0) is 46.9 Å². The third-order valence-corrected chi connectivity index (χ3v) is 5.82. The van der Waals surface area contributed by atoms with Gasteiger partial charge in [-0.25, -0.2) is 4.79 Å². The van der Waals surface area contributed by atoms with Crippen molar-refractivity contribution in [1.82, 2.24) is 4.98 Å². The highest BCUT2D eigenvalue weighted by molar-refractivity contribution is 6.08. The van der Waals surface area contributed by atoms with Crippen molar-refractivity contribution in [2.24, 2.45) is 0 Å². The molecule has 1 heterocycles. The number of aromatic amines is 1. The Morgan fingerprint density at radius 1 is 1.00 bits per heavy atom. The van der Waals surface area contributed by atoms with E-state index in [4.69, 9.17) is 4.74 Å². The number of methoxy groups -OCH3 is 1. The summed E-state index contributed by atoms with van der Waals surface area (Å²) in [7, 11) is 1.31. The number of fused-ring (bicyclic) bond motifs is 1. The average molecular weight is 471 g/mol. The fraction of sp³-hybridized carbons (Fsp3) is 0.179. The van der Waals surface area contributed by atoms with E-state index in [1.165, 1.54) is 19.4 Å². The van der Waals surface area contributed by atoms with Gasteiger partial charge >= 0.3 is 5.97 Å². The van der Waals surface area contributed by atoms with E-state index in [0.717, 1.165) is 0 Å². The molecule has 0 aliphatic carbocycles. The number of para-hydroxylation sites is 1. The second-order valence-corrected chi connectivity index (χ2v) is 9.27. The first-order valence-corrected chi connectivity index (χ1v) is 11.1. The number of amides is 1. The van der Waals surface area contributed by atoms with Gasteiger partial charge in [-0.3, -0.25) is 9.59 Å². The zero-order valence-corrected chi connectivity index (χ0v) is 19.9. The number of H-pyrrole nitrogens is 1. The molecule has 35 heavy (non-hydrogen) atoms. The van der Waals surface area contributed by atoms with E-state index >= 15 is 0 Å². The highest BCUT2D eigenvalue weighted by atomic mass is 16.5. The second kappa shape index (κ2) is 9.10. The first kappa shape index (κ1) is 23.8. The summed E-state index contributed by atoms with van der Waals surface area (Å²) in [5.41, 5.74) is 2.31. The van der Waals surface area contributed by atoms with Crippen LogP contribution in [-0.4, -0.2) is 29.1 Å². The van der Waals surface area contributed by atoms with Crippen LogP contribution >= 0.6 is 0 Å².